The molecule has 2 aromatic rings. The maximum Gasteiger partial charge on any atom is 0.573 e. The number of pyridine rings is 1. The number of hydrogen-bond acceptors (Lipinski definition) is 5. The molecular formula is C16H16F3N3O4S. The standard InChI is InChI=1S/C16H16F3N3O4S/c1-22(27(24,25)13-6-4-8-20-10-13)11-15(23)21-9-12-5-2-3-7-14(12)26-16(17,18)19/h2-8,10H,9,11H2,1H3,(H,21,23). The molecule has 11 heteroatoms. The molecule has 0 aliphatic rings. The first-order valence-electron chi connectivity index (χ1n) is 7.56. The van der Waals surface area contributed by atoms with Crippen molar-refractivity contribution in [1.29, 1.82) is 0 Å². The number of hydrogen-bond donors (Lipinski definition) is 1. The van der Waals surface area contributed by atoms with E-state index in [1.165, 1.54) is 43.6 Å². The lowest BCUT2D eigenvalue weighted by Gasteiger charge is -2.17. The van der Waals surface area contributed by atoms with Gasteiger partial charge in [0.2, 0.25) is 15.9 Å². The van der Waals surface area contributed by atoms with Crippen LogP contribution >= 0.6 is 0 Å². The topological polar surface area (TPSA) is 88.6 Å². The van der Waals surface area contributed by atoms with E-state index in [4.69, 9.17) is 0 Å². The Labute approximate surface area is 153 Å². The normalized spacial score (nSPS) is 12.0. The highest BCUT2D eigenvalue weighted by molar-refractivity contribution is 7.89. The number of para-hydroxylation sites is 1. The number of nitrogens with one attached hydrogen (secondary N) is 1. The van der Waals surface area contributed by atoms with E-state index in [9.17, 15) is 26.4 Å². The molecule has 0 atom stereocenters. The fourth-order valence-corrected chi connectivity index (χ4v) is 3.18. The highest BCUT2D eigenvalue weighted by Crippen LogP contribution is 2.26. The van der Waals surface area contributed by atoms with Gasteiger partial charge in [-0.1, -0.05) is 18.2 Å². The van der Waals surface area contributed by atoms with E-state index < -0.39 is 34.6 Å². The summed E-state index contributed by atoms with van der Waals surface area (Å²) < 4.78 is 66.5. The third kappa shape index (κ3) is 5.93. The number of sulfonamides is 1. The van der Waals surface area contributed by atoms with Crippen molar-refractivity contribution < 1.29 is 31.1 Å². The highest BCUT2D eigenvalue weighted by atomic mass is 32.2. The third-order valence-electron chi connectivity index (χ3n) is 3.38. The van der Waals surface area contributed by atoms with Crippen LogP contribution in [0.4, 0.5) is 13.2 Å². The Hall–Kier alpha value is -2.66. The van der Waals surface area contributed by atoms with Gasteiger partial charge in [0.1, 0.15) is 10.6 Å². The summed E-state index contributed by atoms with van der Waals surface area (Å²) in [6, 6.07) is 8.11. The van der Waals surface area contributed by atoms with Gasteiger partial charge in [-0.15, -0.1) is 13.2 Å². The Bertz CT molecular complexity index is 889. The van der Waals surface area contributed by atoms with E-state index in [1.807, 2.05) is 0 Å². The number of benzene rings is 1. The molecule has 0 saturated carbocycles. The zero-order chi connectivity index (χ0) is 20.1. The molecule has 1 aromatic carbocycles. The minimum Gasteiger partial charge on any atom is -0.405 e. The van der Waals surface area contributed by atoms with Crippen LogP contribution in [0.2, 0.25) is 0 Å². The molecule has 0 fully saturated rings. The molecule has 0 saturated heterocycles. The fraction of sp³-hybridized carbons (Fsp3) is 0.250. The fourth-order valence-electron chi connectivity index (χ4n) is 2.09. The quantitative estimate of drug-likeness (QED) is 0.763. The minimum atomic E-state index is -4.86. The van der Waals surface area contributed by atoms with Crippen LogP contribution in [-0.2, 0) is 21.4 Å². The van der Waals surface area contributed by atoms with Crippen molar-refractivity contribution in [1.82, 2.24) is 14.6 Å². The van der Waals surface area contributed by atoms with Gasteiger partial charge in [0, 0.05) is 31.5 Å². The summed E-state index contributed by atoms with van der Waals surface area (Å²) >= 11 is 0. The molecule has 0 aliphatic heterocycles. The average molecular weight is 403 g/mol. The minimum absolute atomic E-state index is 0.0794. The lowest BCUT2D eigenvalue weighted by Crippen LogP contribution is -2.38. The van der Waals surface area contributed by atoms with Crippen molar-refractivity contribution in [3.05, 3.63) is 54.4 Å². The van der Waals surface area contributed by atoms with Gasteiger partial charge in [-0.25, -0.2) is 8.42 Å². The zero-order valence-corrected chi connectivity index (χ0v) is 14.9. The number of aromatic nitrogens is 1. The summed E-state index contributed by atoms with van der Waals surface area (Å²) in [6.45, 7) is -0.772. The first kappa shape index (κ1) is 20.6. The predicted octanol–water partition coefficient (Wildman–Crippen LogP) is 1.92. The van der Waals surface area contributed by atoms with Crippen LogP contribution in [0.1, 0.15) is 5.56 Å². The molecule has 27 heavy (non-hydrogen) atoms. The van der Waals surface area contributed by atoms with Gasteiger partial charge in [-0.2, -0.15) is 4.31 Å². The summed E-state index contributed by atoms with van der Waals surface area (Å²) in [5.74, 6) is -1.13. The summed E-state index contributed by atoms with van der Waals surface area (Å²) in [4.78, 5) is 15.6. The van der Waals surface area contributed by atoms with Gasteiger partial charge in [0.25, 0.3) is 0 Å². The van der Waals surface area contributed by atoms with E-state index in [-0.39, 0.29) is 17.0 Å². The Morgan fingerprint density at radius 2 is 1.93 bits per heavy atom. The third-order valence-corrected chi connectivity index (χ3v) is 5.17. The summed E-state index contributed by atoms with van der Waals surface area (Å²) in [7, 11) is -2.70. The van der Waals surface area contributed by atoms with Crippen LogP contribution in [0.25, 0.3) is 0 Å². The van der Waals surface area contributed by atoms with Crippen LogP contribution in [0.5, 0.6) is 5.75 Å². The van der Waals surface area contributed by atoms with E-state index in [1.54, 1.807) is 0 Å². The Balaban J connectivity index is 1.99. The van der Waals surface area contributed by atoms with Gasteiger partial charge < -0.3 is 10.1 Å². The Kier molecular flexibility index (Phi) is 6.39. The molecule has 1 aromatic heterocycles. The predicted molar refractivity (Wildman–Crippen MR) is 89.0 cm³/mol. The van der Waals surface area contributed by atoms with E-state index in [0.717, 1.165) is 16.6 Å². The molecule has 0 radical (unpaired) electrons. The number of halogens is 3. The smallest absolute Gasteiger partial charge is 0.405 e. The molecule has 1 amide bonds. The highest BCUT2D eigenvalue weighted by Gasteiger charge is 2.32. The van der Waals surface area contributed by atoms with Crippen LogP contribution in [0.15, 0.2) is 53.7 Å². The second-order valence-corrected chi connectivity index (χ2v) is 7.43. The van der Waals surface area contributed by atoms with Gasteiger partial charge in [-0.05, 0) is 18.2 Å². The van der Waals surface area contributed by atoms with Gasteiger partial charge >= 0.3 is 6.36 Å². The summed E-state index contributed by atoms with van der Waals surface area (Å²) in [5, 5.41) is 2.37. The second kappa shape index (κ2) is 8.35. The monoisotopic (exact) mass is 403 g/mol. The molecule has 0 spiro atoms. The van der Waals surface area contributed by atoms with Crippen LogP contribution < -0.4 is 10.1 Å². The van der Waals surface area contributed by atoms with Crippen molar-refractivity contribution in [3.63, 3.8) is 0 Å². The lowest BCUT2D eigenvalue weighted by atomic mass is 10.2. The van der Waals surface area contributed by atoms with Crippen molar-refractivity contribution in [2.75, 3.05) is 13.6 Å². The van der Waals surface area contributed by atoms with Crippen molar-refractivity contribution in [2.45, 2.75) is 17.8 Å². The first-order chi connectivity index (χ1) is 12.6. The molecule has 1 N–H and O–H groups in total. The Morgan fingerprint density at radius 1 is 1.22 bits per heavy atom. The van der Waals surface area contributed by atoms with E-state index in [0.29, 0.717) is 0 Å². The first-order valence-corrected chi connectivity index (χ1v) is 9.00. The van der Waals surface area contributed by atoms with Crippen LogP contribution in [0, 0.1) is 0 Å². The SMILES string of the molecule is CN(CC(=O)NCc1ccccc1OC(F)(F)F)S(=O)(=O)c1cccnc1. The molecule has 0 bridgehead atoms. The number of nitrogens with zero attached hydrogens (tertiary/aromatic N) is 2. The van der Waals surface area contributed by atoms with E-state index >= 15 is 0 Å². The van der Waals surface area contributed by atoms with Crippen molar-refractivity contribution >= 4 is 15.9 Å². The van der Waals surface area contributed by atoms with Crippen LogP contribution in [0.3, 0.4) is 0 Å². The average Bonchev–Trinajstić information content (AvgIpc) is 2.60. The van der Waals surface area contributed by atoms with Gasteiger partial charge in [0.15, 0.2) is 0 Å². The van der Waals surface area contributed by atoms with Gasteiger partial charge in [0.05, 0.1) is 6.54 Å². The number of alkyl halides is 3. The molecule has 146 valence electrons. The lowest BCUT2D eigenvalue weighted by molar-refractivity contribution is -0.274. The molecule has 0 aliphatic carbocycles. The zero-order valence-electron chi connectivity index (χ0n) is 14.1. The largest absolute Gasteiger partial charge is 0.573 e. The molecule has 0 unspecified atom stereocenters. The van der Waals surface area contributed by atoms with Gasteiger partial charge in [-0.3, -0.25) is 9.78 Å². The maximum atomic E-state index is 12.4. The number of carbonyl (C=O) groups excluding carboxylic acids is 1. The van der Waals surface area contributed by atoms with Crippen LogP contribution in [-0.4, -0.2) is 43.6 Å². The number of ether oxygens (including phenoxy) is 1. The summed E-state index contributed by atoms with van der Waals surface area (Å²) in [5.41, 5.74) is 0.0981. The molecule has 7 nitrogen and oxygen atoms in total. The summed E-state index contributed by atoms with van der Waals surface area (Å²) in [6.07, 6.45) is -2.31. The second-order valence-electron chi connectivity index (χ2n) is 5.38. The Morgan fingerprint density at radius 3 is 2.56 bits per heavy atom. The maximum absolute atomic E-state index is 12.4. The van der Waals surface area contributed by atoms with Crippen molar-refractivity contribution in [2.24, 2.45) is 0 Å². The van der Waals surface area contributed by atoms with Crippen molar-refractivity contribution in [3.8, 4) is 5.75 Å². The number of rotatable bonds is 7. The van der Waals surface area contributed by atoms with E-state index in [2.05, 4.69) is 15.0 Å². The molecular weight excluding hydrogens is 387 g/mol. The number of amides is 1. The number of likely N-dealkylation sites (N-methyl/N-ethyl adjacent to an activating group) is 1. The molecule has 1 heterocycles. The number of carbonyl (C=O) groups is 1. The molecule has 2 rings (SSSR count).